The first kappa shape index (κ1) is 19.5. The number of nitriles is 1. The van der Waals surface area contributed by atoms with E-state index in [9.17, 15) is 9.59 Å². The van der Waals surface area contributed by atoms with Crippen molar-refractivity contribution in [1.82, 2.24) is 9.97 Å². The van der Waals surface area contributed by atoms with Gasteiger partial charge in [0.05, 0.1) is 30.0 Å². The molecule has 0 saturated carbocycles. The summed E-state index contributed by atoms with van der Waals surface area (Å²) < 4.78 is 4.78. The summed E-state index contributed by atoms with van der Waals surface area (Å²) in [6.45, 7) is 1.73. The van der Waals surface area contributed by atoms with Crippen molar-refractivity contribution in [3.8, 4) is 6.07 Å². The Bertz CT molecular complexity index is 1120. The summed E-state index contributed by atoms with van der Waals surface area (Å²) in [6.07, 6.45) is 0. The molecule has 3 aromatic rings. The zero-order valence-electron chi connectivity index (χ0n) is 15.8. The Hall–Kier alpha value is -4.25. The normalized spacial score (nSPS) is 9.97. The highest BCUT2D eigenvalue weighted by atomic mass is 16.5. The summed E-state index contributed by atoms with van der Waals surface area (Å²) in [4.78, 5) is 33.1. The van der Waals surface area contributed by atoms with Crippen LogP contribution in [0.3, 0.4) is 0 Å². The van der Waals surface area contributed by atoms with E-state index in [2.05, 4.69) is 20.6 Å². The molecule has 0 fully saturated rings. The standard InChI is InChI=1S/C21H17N5O3/c1-13-10-18(19(27)24-15-7-5-6-14(11-15)12-22)26-21(23-13)25-17-9-4-3-8-16(17)20(28)29-2/h3-11H,1-2H3,(H,24,27)(H,23,25,26). The second-order valence-electron chi connectivity index (χ2n) is 6.03. The van der Waals surface area contributed by atoms with Crippen molar-refractivity contribution in [2.75, 3.05) is 17.7 Å². The van der Waals surface area contributed by atoms with Crippen LogP contribution in [0.2, 0.25) is 0 Å². The van der Waals surface area contributed by atoms with Crippen molar-refractivity contribution in [1.29, 1.82) is 5.26 Å². The number of rotatable bonds is 5. The molecule has 2 N–H and O–H groups in total. The van der Waals surface area contributed by atoms with Crippen LogP contribution < -0.4 is 10.6 Å². The molecule has 144 valence electrons. The molecular weight excluding hydrogens is 370 g/mol. The summed E-state index contributed by atoms with van der Waals surface area (Å²) in [5.41, 5.74) is 2.39. The third-order valence-electron chi connectivity index (χ3n) is 3.92. The number of esters is 1. The van der Waals surface area contributed by atoms with Crippen molar-refractivity contribution in [2.45, 2.75) is 6.92 Å². The number of carbonyl (C=O) groups excluding carboxylic acids is 2. The molecule has 0 bridgehead atoms. The van der Waals surface area contributed by atoms with Gasteiger partial charge in [0, 0.05) is 11.4 Å². The minimum absolute atomic E-state index is 0.137. The van der Waals surface area contributed by atoms with Gasteiger partial charge in [-0.15, -0.1) is 0 Å². The van der Waals surface area contributed by atoms with Gasteiger partial charge in [-0.05, 0) is 43.3 Å². The van der Waals surface area contributed by atoms with Gasteiger partial charge >= 0.3 is 5.97 Å². The van der Waals surface area contributed by atoms with Crippen LogP contribution in [0, 0.1) is 18.3 Å². The number of aromatic nitrogens is 2. The molecule has 29 heavy (non-hydrogen) atoms. The molecule has 0 aliphatic rings. The van der Waals surface area contributed by atoms with E-state index in [4.69, 9.17) is 10.00 Å². The van der Waals surface area contributed by atoms with E-state index in [1.54, 1.807) is 61.5 Å². The lowest BCUT2D eigenvalue weighted by Gasteiger charge is -2.11. The Kier molecular flexibility index (Phi) is 5.80. The third kappa shape index (κ3) is 4.73. The van der Waals surface area contributed by atoms with Crippen LogP contribution in [0.1, 0.15) is 32.1 Å². The van der Waals surface area contributed by atoms with Gasteiger partial charge in [-0.2, -0.15) is 5.26 Å². The van der Waals surface area contributed by atoms with E-state index < -0.39 is 11.9 Å². The van der Waals surface area contributed by atoms with Crippen molar-refractivity contribution in [3.63, 3.8) is 0 Å². The first-order chi connectivity index (χ1) is 14.0. The summed E-state index contributed by atoms with van der Waals surface area (Å²) in [5.74, 6) is -0.789. The number of ether oxygens (including phenoxy) is 1. The van der Waals surface area contributed by atoms with Gasteiger partial charge in [0.15, 0.2) is 0 Å². The number of hydrogen-bond acceptors (Lipinski definition) is 7. The summed E-state index contributed by atoms with van der Waals surface area (Å²) >= 11 is 0. The Morgan fingerprint density at radius 3 is 2.62 bits per heavy atom. The molecule has 8 nitrogen and oxygen atoms in total. The second-order valence-corrected chi connectivity index (χ2v) is 6.03. The lowest BCUT2D eigenvalue weighted by atomic mass is 10.2. The molecule has 0 saturated heterocycles. The van der Waals surface area contributed by atoms with Gasteiger partial charge in [-0.25, -0.2) is 14.8 Å². The molecule has 3 rings (SSSR count). The quantitative estimate of drug-likeness (QED) is 0.644. The number of benzene rings is 2. The Labute approximate surface area is 167 Å². The number of amides is 1. The van der Waals surface area contributed by atoms with Gasteiger partial charge in [0.25, 0.3) is 5.91 Å². The lowest BCUT2D eigenvalue weighted by molar-refractivity contribution is 0.0601. The maximum Gasteiger partial charge on any atom is 0.339 e. The molecule has 1 aromatic heterocycles. The molecule has 2 aromatic carbocycles. The Morgan fingerprint density at radius 1 is 1.07 bits per heavy atom. The van der Waals surface area contributed by atoms with Crippen LogP contribution in [-0.2, 0) is 4.74 Å². The van der Waals surface area contributed by atoms with E-state index in [1.165, 1.54) is 7.11 Å². The van der Waals surface area contributed by atoms with Gasteiger partial charge in [0.1, 0.15) is 5.69 Å². The zero-order chi connectivity index (χ0) is 20.8. The van der Waals surface area contributed by atoms with Gasteiger partial charge < -0.3 is 15.4 Å². The highest BCUT2D eigenvalue weighted by molar-refractivity contribution is 6.03. The highest BCUT2D eigenvalue weighted by Gasteiger charge is 2.15. The molecule has 1 heterocycles. The number of methoxy groups -OCH3 is 1. The maximum atomic E-state index is 12.6. The largest absolute Gasteiger partial charge is 0.465 e. The molecular formula is C21H17N5O3. The minimum Gasteiger partial charge on any atom is -0.465 e. The number of nitrogens with zero attached hydrogens (tertiary/aromatic N) is 3. The topological polar surface area (TPSA) is 117 Å². The smallest absolute Gasteiger partial charge is 0.339 e. The zero-order valence-corrected chi connectivity index (χ0v) is 15.8. The number of hydrogen-bond donors (Lipinski definition) is 2. The van der Waals surface area contributed by atoms with Crippen LogP contribution in [-0.4, -0.2) is 29.0 Å². The first-order valence-electron chi connectivity index (χ1n) is 8.61. The monoisotopic (exact) mass is 387 g/mol. The van der Waals surface area contributed by atoms with Gasteiger partial charge in [0.2, 0.25) is 5.95 Å². The number of aryl methyl sites for hydroxylation is 1. The number of carbonyl (C=O) groups is 2. The molecule has 0 unspecified atom stereocenters. The van der Waals surface area contributed by atoms with Crippen LogP contribution in [0.25, 0.3) is 0 Å². The summed E-state index contributed by atoms with van der Waals surface area (Å²) in [6, 6.07) is 16.9. The van der Waals surface area contributed by atoms with E-state index in [-0.39, 0.29) is 11.6 Å². The molecule has 0 aliphatic heterocycles. The average Bonchev–Trinajstić information content (AvgIpc) is 2.73. The Morgan fingerprint density at radius 2 is 1.86 bits per heavy atom. The van der Waals surface area contributed by atoms with Gasteiger partial charge in [-0.3, -0.25) is 4.79 Å². The van der Waals surface area contributed by atoms with E-state index >= 15 is 0 Å². The van der Waals surface area contributed by atoms with Crippen LogP contribution >= 0.6 is 0 Å². The van der Waals surface area contributed by atoms with Crippen molar-refractivity contribution in [2.24, 2.45) is 0 Å². The molecule has 1 amide bonds. The number of nitrogens with one attached hydrogen (secondary N) is 2. The van der Waals surface area contributed by atoms with Crippen LogP contribution in [0.15, 0.2) is 54.6 Å². The number of anilines is 3. The molecule has 0 aliphatic carbocycles. The Balaban J connectivity index is 1.86. The van der Waals surface area contributed by atoms with Crippen molar-refractivity contribution < 1.29 is 14.3 Å². The highest BCUT2D eigenvalue weighted by Crippen LogP contribution is 2.20. The molecule has 0 radical (unpaired) electrons. The fourth-order valence-electron chi connectivity index (χ4n) is 2.60. The average molecular weight is 387 g/mol. The molecule has 0 spiro atoms. The predicted molar refractivity (Wildman–Crippen MR) is 107 cm³/mol. The fourth-order valence-corrected chi connectivity index (χ4v) is 2.60. The van der Waals surface area contributed by atoms with Gasteiger partial charge in [-0.1, -0.05) is 18.2 Å². The molecule has 8 heteroatoms. The maximum absolute atomic E-state index is 12.6. The lowest BCUT2D eigenvalue weighted by Crippen LogP contribution is -2.16. The first-order valence-corrected chi connectivity index (χ1v) is 8.61. The SMILES string of the molecule is COC(=O)c1ccccc1Nc1nc(C)cc(C(=O)Nc2cccc(C#N)c2)n1. The molecule has 0 atom stereocenters. The fraction of sp³-hybridized carbons (Fsp3) is 0.0952. The second kappa shape index (κ2) is 8.63. The minimum atomic E-state index is -0.504. The van der Waals surface area contributed by atoms with Crippen molar-refractivity contribution >= 4 is 29.2 Å². The van der Waals surface area contributed by atoms with Crippen LogP contribution in [0.5, 0.6) is 0 Å². The van der Waals surface area contributed by atoms with Crippen molar-refractivity contribution in [3.05, 3.63) is 77.1 Å². The predicted octanol–water partition coefficient (Wildman–Crippen LogP) is 3.44. The summed E-state index contributed by atoms with van der Waals surface area (Å²) in [7, 11) is 1.30. The summed E-state index contributed by atoms with van der Waals surface area (Å²) in [5, 5.41) is 14.6. The van der Waals surface area contributed by atoms with E-state index in [0.29, 0.717) is 28.2 Å². The van der Waals surface area contributed by atoms with E-state index in [1.807, 2.05) is 6.07 Å². The van der Waals surface area contributed by atoms with Crippen LogP contribution in [0.4, 0.5) is 17.3 Å². The van der Waals surface area contributed by atoms with E-state index in [0.717, 1.165) is 0 Å². The third-order valence-corrected chi connectivity index (χ3v) is 3.92. The number of para-hydroxylation sites is 1.